The van der Waals surface area contributed by atoms with Crippen molar-refractivity contribution in [2.75, 3.05) is 7.11 Å². The fourth-order valence-electron chi connectivity index (χ4n) is 3.65. The average molecular weight is 471 g/mol. The molecular formula is C23H20F3N5O3. The van der Waals surface area contributed by atoms with Crippen LogP contribution in [0, 0.1) is 18.3 Å². The first kappa shape index (κ1) is 23.1. The monoisotopic (exact) mass is 471 g/mol. The molecule has 0 spiro atoms. The molecule has 4 rings (SSSR count). The summed E-state index contributed by atoms with van der Waals surface area (Å²) in [7, 11) is 1.24. The Balaban J connectivity index is 1.65. The van der Waals surface area contributed by atoms with Crippen LogP contribution in [0.15, 0.2) is 36.5 Å². The smallest absolute Gasteiger partial charge is 0.425 e. The molecule has 0 saturated carbocycles. The quantitative estimate of drug-likeness (QED) is 0.560. The van der Waals surface area contributed by atoms with E-state index in [-0.39, 0.29) is 35.7 Å². The second-order valence-electron chi connectivity index (χ2n) is 7.78. The van der Waals surface area contributed by atoms with E-state index in [1.54, 1.807) is 10.9 Å². The van der Waals surface area contributed by atoms with Gasteiger partial charge in [-0.3, -0.25) is 4.79 Å². The maximum atomic E-state index is 13.4. The molecule has 1 amide bonds. The fourth-order valence-corrected chi connectivity index (χ4v) is 3.65. The number of benzene rings is 1. The van der Waals surface area contributed by atoms with E-state index in [1.807, 2.05) is 31.2 Å². The van der Waals surface area contributed by atoms with Crippen molar-refractivity contribution in [2.24, 2.45) is 0 Å². The Bertz CT molecular complexity index is 1270. The number of ether oxygens (including phenoxy) is 2. The Kier molecular flexibility index (Phi) is 5.91. The highest BCUT2D eigenvalue weighted by Gasteiger charge is 2.40. The lowest BCUT2D eigenvalue weighted by atomic mass is 10.1. The number of nitrogens with zero attached hydrogens (tertiary/aromatic N) is 5. The molecule has 1 aromatic carbocycles. The molecule has 2 aromatic heterocycles. The van der Waals surface area contributed by atoms with Gasteiger partial charge in [0, 0.05) is 24.0 Å². The van der Waals surface area contributed by atoms with E-state index in [4.69, 9.17) is 9.47 Å². The lowest BCUT2D eigenvalue weighted by molar-refractivity contribution is -0.189. The van der Waals surface area contributed by atoms with Gasteiger partial charge in [0.2, 0.25) is 0 Å². The number of rotatable bonds is 5. The van der Waals surface area contributed by atoms with Crippen molar-refractivity contribution >= 4 is 5.91 Å². The zero-order valence-corrected chi connectivity index (χ0v) is 18.6. The first-order valence-corrected chi connectivity index (χ1v) is 10.3. The highest BCUT2D eigenvalue weighted by atomic mass is 19.4. The summed E-state index contributed by atoms with van der Waals surface area (Å²) in [5.74, 6) is -0.453. The van der Waals surface area contributed by atoms with Crippen molar-refractivity contribution < 1.29 is 27.4 Å². The molecule has 8 nitrogen and oxygen atoms in total. The summed E-state index contributed by atoms with van der Waals surface area (Å²) in [4.78, 5) is 19.3. The summed E-state index contributed by atoms with van der Waals surface area (Å²) in [6.07, 6.45) is -5.05. The number of hydrogen-bond acceptors (Lipinski definition) is 6. The molecule has 3 aromatic rings. The average Bonchev–Trinajstić information content (AvgIpc) is 3.37. The summed E-state index contributed by atoms with van der Waals surface area (Å²) in [6, 6.07) is 9.85. The van der Waals surface area contributed by atoms with E-state index in [9.17, 15) is 23.2 Å². The summed E-state index contributed by atoms with van der Waals surface area (Å²) in [6.45, 7) is 3.01. The third-order valence-corrected chi connectivity index (χ3v) is 5.40. The van der Waals surface area contributed by atoms with E-state index in [2.05, 4.69) is 10.1 Å². The van der Waals surface area contributed by atoms with Crippen LogP contribution >= 0.6 is 0 Å². The van der Waals surface area contributed by atoms with E-state index >= 15 is 0 Å². The van der Waals surface area contributed by atoms with Crippen molar-refractivity contribution in [2.45, 2.75) is 39.2 Å². The van der Waals surface area contributed by atoms with Crippen molar-refractivity contribution in [3.8, 4) is 23.4 Å². The number of carbonyl (C=O) groups is 1. The molecule has 34 heavy (non-hydrogen) atoms. The van der Waals surface area contributed by atoms with Gasteiger partial charge in [-0.1, -0.05) is 6.07 Å². The Morgan fingerprint density at radius 3 is 2.62 bits per heavy atom. The summed E-state index contributed by atoms with van der Waals surface area (Å²) >= 11 is 0. The predicted octanol–water partition coefficient (Wildman–Crippen LogP) is 3.94. The Hall–Kier alpha value is -4.07. The normalized spacial score (nSPS) is 13.9. The molecule has 0 unspecified atom stereocenters. The van der Waals surface area contributed by atoms with Crippen molar-refractivity contribution in [1.82, 2.24) is 19.7 Å². The van der Waals surface area contributed by atoms with Crippen LogP contribution in [0.5, 0.6) is 11.5 Å². The van der Waals surface area contributed by atoms with E-state index < -0.39 is 18.2 Å². The number of hydrogen-bond donors (Lipinski definition) is 0. The number of methoxy groups -OCH3 is 1. The number of aromatic nitrogens is 3. The first-order chi connectivity index (χ1) is 16.1. The third-order valence-electron chi connectivity index (χ3n) is 5.40. The molecule has 0 N–H and O–H groups in total. The van der Waals surface area contributed by atoms with Crippen molar-refractivity contribution in [3.63, 3.8) is 0 Å². The Labute approximate surface area is 193 Å². The van der Waals surface area contributed by atoms with Gasteiger partial charge in [-0.25, -0.2) is 9.67 Å². The highest BCUT2D eigenvalue weighted by molar-refractivity contribution is 6.00. The molecule has 0 saturated heterocycles. The maximum absolute atomic E-state index is 13.4. The molecule has 1 atom stereocenters. The molecule has 0 radical (unpaired) electrons. The topological polar surface area (TPSA) is 93.3 Å². The van der Waals surface area contributed by atoms with Crippen LogP contribution < -0.4 is 9.47 Å². The van der Waals surface area contributed by atoms with Crippen LogP contribution in [-0.4, -0.2) is 45.0 Å². The van der Waals surface area contributed by atoms with Crippen LogP contribution in [-0.2, 0) is 13.1 Å². The molecule has 0 aliphatic carbocycles. The van der Waals surface area contributed by atoms with Gasteiger partial charge < -0.3 is 14.4 Å². The van der Waals surface area contributed by atoms with Crippen LogP contribution in [0.25, 0.3) is 5.82 Å². The number of fused-ring (bicyclic) bond motifs is 1. The number of aryl methyl sites for hydroxylation is 1. The van der Waals surface area contributed by atoms with Gasteiger partial charge in [0.1, 0.15) is 17.4 Å². The van der Waals surface area contributed by atoms with Gasteiger partial charge in [-0.05, 0) is 38.1 Å². The molecule has 1 aliphatic heterocycles. The lowest BCUT2D eigenvalue weighted by Gasteiger charge is -2.23. The van der Waals surface area contributed by atoms with Crippen LogP contribution in [0.3, 0.4) is 0 Å². The number of carbonyl (C=O) groups excluding carboxylic acids is 1. The summed E-state index contributed by atoms with van der Waals surface area (Å²) < 4.78 is 51.3. The molecule has 11 heteroatoms. The van der Waals surface area contributed by atoms with E-state index in [0.29, 0.717) is 11.5 Å². The summed E-state index contributed by atoms with van der Waals surface area (Å²) in [5.41, 5.74) is 2.01. The van der Waals surface area contributed by atoms with Crippen LogP contribution in [0.2, 0.25) is 0 Å². The molecule has 1 aliphatic rings. The minimum absolute atomic E-state index is 0.00510. The first-order valence-electron chi connectivity index (χ1n) is 10.3. The zero-order chi connectivity index (χ0) is 24.6. The maximum Gasteiger partial charge on any atom is 0.425 e. The third kappa shape index (κ3) is 4.26. The van der Waals surface area contributed by atoms with E-state index in [0.717, 1.165) is 18.2 Å². The number of amides is 1. The van der Waals surface area contributed by atoms with Gasteiger partial charge >= 0.3 is 6.18 Å². The van der Waals surface area contributed by atoms with Gasteiger partial charge in [0.15, 0.2) is 17.7 Å². The lowest BCUT2D eigenvalue weighted by Crippen LogP contribution is -2.33. The number of nitriles is 1. The highest BCUT2D eigenvalue weighted by Crippen LogP contribution is 2.37. The molecular weight excluding hydrogens is 451 g/mol. The molecule has 3 heterocycles. The SMILES string of the molecule is COc1c(C#N)ccc(O[C@@H](C)C(F)(F)F)c1C(=O)N1Cc2cn(-c3cccc(C)n3)nc2C1. The minimum atomic E-state index is -4.64. The number of pyridine rings is 1. The second kappa shape index (κ2) is 8.70. The largest absolute Gasteiger partial charge is 0.494 e. The Morgan fingerprint density at radius 1 is 1.24 bits per heavy atom. The molecule has 176 valence electrons. The van der Waals surface area contributed by atoms with Crippen molar-refractivity contribution in [1.29, 1.82) is 5.26 Å². The second-order valence-corrected chi connectivity index (χ2v) is 7.78. The van der Waals surface area contributed by atoms with Gasteiger partial charge in [0.25, 0.3) is 5.91 Å². The minimum Gasteiger partial charge on any atom is -0.494 e. The fraction of sp³-hybridized carbons (Fsp3) is 0.304. The van der Waals surface area contributed by atoms with Crippen molar-refractivity contribution in [3.05, 3.63) is 64.6 Å². The van der Waals surface area contributed by atoms with Gasteiger partial charge in [-0.2, -0.15) is 23.5 Å². The standard InChI is InChI=1S/C23H20F3N5O3/c1-13-5-4-6-19(28-13)31-11-16-10-30(12-17(16)29-31)22(32)20-18(34-14(2)23(24,25)26)8-7-15(9-27)21(20)33-3/h4-8,11,14H,10,12H2,1-3H3/t14-/m0/s1. The zero-order valence-electron chi connectivity index (χ0n) is 18.6. The van der Waals surface area contributed by atoms with Gasteiger partial charge in [0.05, 0.1) is 24.9 Å². The number of halogens is 3. The van der Waals surface area contributed by atoms with Crippen LogP contribution in [0.1, 0.15) is 39.8 Å². The Morgan fingerprint density at radius 2 is 2.00 bits per heavy atom. The summed E-state index contributed by atoms with van der Waals surface area (Å²) in [5, 5.41) is 13.9. The number of alkyl halides is 3. The van der Waals surface area contributed by atoms with Gasteiger partial charge in [-0.15, -0.1) is 0 Å². The predicted molar refractivity (Wildman–Crippen MR) is 114 cm³/mol. The van der Waals surface area contributed by atoms with E-state index in [1.165, 1.54) is 24.1 Å². The molecule has 0 bridgehead atoms. The van der Waals surface area contributed by atoms with Crippen LogP contribution in [0.4, 0.5) is 13.2 Å². The molecule has 0 fully saturated rings.